The van der Waals surface area contributed by atoms with Crippen molar-refractivity contribution in [3.8, 4) is 0 Å². The summed E-state index contributed by atoms with van der Waals surface area (Å²) in [5.74, 6) is 0.325. The lowest BCUT2D eigenvalue weighted by molar-refractivity contribution is 0.574. The Balaban J connectivity index is 3.49. The fourth-order valence-electron chi connectivity index (χ4n) is 1.93. The fraction of sp³-hybridized carbons (Fsp3) is 0.571. The van der Waals surface area contributed by atoms with E-state index in [-0.39, 0.29) is 5.41 Å². The molecule has 0 saturated heterocycles. The zero-order valence-corrected chi connectivity index (χ0v) is 12.4. The minimum absolute atomic E-state index is 0.0373. The topological polar surface area (TPSA) is 34.1 Å². The van der Waals surface area contributed by atoms with Crippen LogP contribution in [0.4, 0.5) is 0 Å². The third-order valence-corrected chi connectivity index (χ3v) is 3.99. The number of sulfone groups is 1. The van der Waals surface area contributed by atoms with Crippen LogP contribution in [0.25, 0.3) is 0 Å². The molecule has 17 heavy (non-hydrogen) atoms. The van der Waals surface area contributed by atoms with Gasteiger partial charge in [0.25, 0.3) is 0 Å². The smallest absolute Gasteiger partial charge is 0.175 e. The lowest BCUT2D eigenvalue weighted by Crippen LogP contribution is -2.15. The molecule has 0 radical (unpaired) electrons. The van der Waals surface area contributed by atoms with Crippen LogP contribution in [-0.4, -0.2) is 14.7 Å². The number of hydrogen-bond donors (Lipinski definition) is 0. The summed E-state index contributed by atoms with van der Waals surface area (Å²) in [4.78, 5) is 0.411. The quantitative estimate of drug-likeness (QED) is 0.809. The molecule has 0 saturated carbocycles. The Labute approximate surface area is 105 Å². The largest absolute Gasteiger partial charge is 0.224 e. The third kappa shape index (κ3) is 3.32. The van der Waals surface area contributed by atoms with Crippen molar-refractivity contribution in [1.29, 1.82) is 0 Å². The van der Waals surface area contributed by atoms with Crippen molar-refractivity contribution in [2.75, 3.05) is 6.26 Å². The van der Waals surface area contributed by atoms with Crippen LogP contribution in [0, 0.1) is 0 Å². The van der Waals surface area contributed by atoms with Gasteiger partial charge in [0.05, 0.1) is 4.90 Å². The van der Waals surface area contributed by atoms with E-state index in [0.29, 0.717) is 10.8 Å². The summed E-state index contributed by atoms with van der Waals surface area (Å²) in [6.07, 6.45) is 1.25. The molecule has 0 fully saturated rings. The van der Waals surface area contributed by atoms with E-state index in [1.807, 2.05) is 12.1 Å². The van der Waals surface area contributed by atoms with Crippen LogP contribution in [0.2, 0.25) is 0 Å². The van der Waals surface area contributed by atoms with Gasteiger partial charge in [0.15, 0.2) is 9.84 Å². The van der Waals surface area contributed by atoms with Crippen molar-refractivity contribution < 1.29 is 8.42 Å². The third-order valence-electron chi connectivity index (χ3n) is 2.88. The second-order valence-electron chi connectivity index (χ2n) is 5.93. The molecule has 0 spiro atoms. The summed E-state index contributed by atoms with van der Waals surface area (Å²) in [5.41, 5.74) is 2.38. The zero-order valence-electron chi connectivity index (χ0n) is 11.5. The highest BCUT2D eigenvalue weighted by atomic mass is 32.2. The molecule has 0 amide bonds. The molecule has 1 aromatic carbocycles. The standard InChI is InChI=1S/C14H22O2S/c1-10(2)12-9-11(17(6,15)16)7-8-13(12)14(3,4)5/h7-10H,1-6H3. The molecule has 0 aliphatic carbocycles. The van der Waals surface area contributed by atoms with Gasteiger partial charge in [-0.1, -0.05) is 40.7 Å². The van der Waals surface area contributed by atoms with Crippen molar-refractivity contribution in [3.63, 3.8) is 0 Å². The molecule has 0 bridgehead atoms. The first-order valence-corrected chi connectivity index (χ1v) is 7.77. The minimum atomic E-state index is -3.12. The van der Waals surface area contributed by atoms with Crippen LogP contribution in [0.1, 0.15) is 51.7 Å². The molecule has 0 unspecified atom stereocenters. The van der Waals surface area contributed by atoms with Crippen molar-refractivity contribution in [2.24, 2.45) is 0 Å². The van der Waals surface area contributed by atoms with Gasteiger partial charge in [-0.3, -0.25) is 0 Å². The fourth-order valence-corrected chi connectivity index (χ4v) is 2.59. The van der Waals surface area contributed by atoms with Crippen molar-refractivity contribution in [3.05, 3.63) is 29.3 Å². The van der Waals surface area contributed by atoms with E-state index in [4.69, 9.17) is 0 Å². The molecule has 1 aromatic rings. The summed E-state index contributed by atoms with van der Waals surface area (Å²) in [6.45, 7) is 10.6. The van der Waals surface area contributed by atoms with Crippen LogP contribution in [-0.2, 0) is 15.3 Å². The van der Waals surface area contributed by atoms with Crippen LogP contribution in [0.5, 0.6) is 0 Å². The maximum Gasteiger partial charge on any atom is 0.175 e. The van der Waals surface area contributed by atoms with Gasteiger partial charge < -0.3 is 0 Å². The highest BCUT2D eigenvalue weighted by Gasteiger charge is 2.21. The van der Waals surface area contributed by atoms with Gasteiger partial charge in [-0.25, -0.2) is 8.42 Å². The van der Waals surface area contributed by atoms with E-state index in [1.165, 1.54) is 11.8 Å². The first-order valence-electron chi connectivity index (χ1n) is 5.88. The molecular formula is C14H22O2S. The van der Waals surface area contributed by atoms with Crippen molar-refractivity contribution >= 4 is 9.84 Å². The maximum atomic E-state index is 11.6. The van der Waals surface area contributed by atoms with Crippen LogP contribution in [0.3, 0.4) is 0 Å². The van der Waals surface area contributed by atoms with Gasteiger partial charge in [-0.2, -0.15) is 0 Å². The van der Waals surface area contributed by atoms with E-state index in [2.05, 4.69) is 34.6 Å². The molecule has 0 aliphatic heterocycles. The van der Waals surface area contributed by atoms with Crippen LogP contribution < -0.4 is 0 Å². The first-order chi connectivity index (χ1) is 7.53. The Bertz CT molecular complexity index is 506. The Morgan fingerprint density at radius 2 is 1.65 bits per heavy atom. The molecule has 0 aromatic heterocycles. The molecule has 3 heteroatoms. The first kappa shape index (κ1) is 14.2. The second kappa shape index (κ2) is 4.45. The van der Waals surface area contributed by atoms with E-state index in [0.717, 1.165) is 5.56 Å². The maximum absolute atomic E-state index is 11.6. The van der Waals surface area contributed by atoms with E-state index < -0.39 is 9.84 Å². The Kier molecular flexibility index (Phi) is 3.72. The summed E-state index contributed by atoms with van der Waals surface area (Å²) >= 11 is 0. The highest BCUT2D eigenvalue weighted by Crippen LogP contribution is 2.32. The number of benzene rings is 1. The van der Waals surface area contributed by atoms with Crippen LogP contribution >= 0.6 is 0 Å². The predicted octanol–water partition coefficient (Wildman–Crippen LogP) is 3.51. The molecule has 0 N–H and O–H groups in total. The molecule has 0 atom stereocenters. The minimum Gasteiger partial charge on any atom is -0.224 e. The summed E-state index contributed by atoms with van der Waals surface area (Å²) in [5, 5.41) is 0. The molecule has 0 aliphatic rings. The summed E-state index contributed by atoms with van der Waals surface area (Å²) in [6, 6.07) is 5.48. The van der Waals surface area contributed by atoms with Gasteiger partial charge >= 0.3 is 0 Å². The Morgan fingerprint density at radius 3 is 2.00 bits per heavy atom. The SMILES string of the molecule is CC(C)c1cc(S(C)(=O)=O)ccc1C(C)(C)C. The molecule has 0 heterocycles. The molecule has 2 nitrogen and oxygen atoms in total. The highest BCUT2D eigenvalue weighted by molar-refractivity contribution is 7.90. The average molecular weight is 254 g/mol. The average Bonchev–Trinajstić information content (AvgIpc) is 2.14. The Hall–Kier alpha value is -0.830. The monoisotopic (exact) mass is 254 g/mol. The van der Waals surface area contributed by atoms with Crippen LogP contribution in [0.15, 0.2) is 23.1 Å². The molecule has 96 valence electrons. The van der Waals surface area contributed by atoms with Crippen molar-refractivity contribution in [2.45, 2.75) is 50.8 Å². The lowest BCUT2D eigenvalue weighted by atomic mass is 9.81. The van der Waals surface area contributed by atoms with Gasteiger partial charge in [-0.15, -0.1) is 0 Å². The van der Waals surface area contributed by atoms with Gasteiger partial charge in [0.1, 0.15) is 0 Å². The Morgan fingerprint density at radius 1 is 1.12 bits per heavy atom. The summed E-state index contributed by atoms with van der Waals surface area (Å²) < 4.78 is 23.1. The second-order valence-corrected chi connectivity index (χ2v) is 7.94. The zero-order chi connectivity index (χ0) is 13.4. The van der Waals surface area contributed by atoms with Gasteiger partial charge in [0.2, 0.25) is 0 Å². The number of hydrogen-bond acceptors (Lipinski definition) is 2. The molecule has 1 rings (SSSR count). The van der Waals surface area contributed by atoms with Crippen molar-refractivity contribution in [1.82, 2.24) is 0 Å². The molecular weight excluding hydrogens is 232 g/mol. The number of rotatable bonds is 2. The van der Waals surface area contributed by atoms with Gasteiger partial charge in [0, 0.05) is 6.26 Å². The van der Waals surface area contributed by atoms with E-state index in [1.54, 1.807) is 6.07 Å². The van der Waals surface area contributed by atoms with Gasteiger partial charge in [-0.05, 0) is 34.6 Å². The van der Waals surface area contributed by atoms with E-state index >= 15 is 0 Å². The van der Waals surface area contributed by atoms with E-state index in [9.17, 15) is 8.42 Å². The summed E-state index contributed by atoms with van der Waals surface area (Å²) in [7, 11) is -3.12. The normalized spacial score (nSPS) is 13.1. The predicted molar refractivity (Wildman–Crippen MR) is 72.3 cm³/mol. The lowest BCUT2D eigenvalue weighted by Gasteiger charge is -2.25.